The number of benzene rings is 2. The minimum atomic E-state index is 0.181. The van der Waals surface area contributed by atoms with Gasteiger partial charge in [-0.25, -0.2) is 0 Å². The van der Waals surface area contributed by atoms with Crippen molar-refractivity contribution in [3.8, 4) is 5.75 Å². The lowest BCUT2D eigenvalue weighted by molar-refractivity contribution is 0.111. The highest BCUT2D eigenvalue weighted by Crippen LogP contribution is 2.07. The molecule has 0 radical (unpaired) electrons. The first kappa shape index (κ1) is 12.6. The summed E-state index contributed by atoms with van der Waals surface area (Å²) in [5.74, 6) is 0.181. The lowest BCUT2D eigenvalue weighted by Gasteiger charge is -1.88. The van der Waals surface area contributed by atoms with Gasteiger partial charge in [0.15, 0.2) is 0 Å². The second kappa shape index (κ2) is 6.95. The molecule has 0 saturated carbocycles. The van der Waals surface area contributed by atoms with Gasteiger partial charge in [0.25, 0.3) is 0 Å². The van der Waals surface area contributed by atoms with E-state index < -0.39 is 0 Å². The van der Waals surface area contributed by atoms with Crippen LogP contribution >= 0.6 is 0 Å². The van der Waals surface area contributed by atoms with Gasteiger partial charge in [-0.05, 0) is 24.3 Å². The summed E-state index contributed by atoms with van der Waals surface area (Å²) in [6.07, 6.45) is 1.57. The minimum absolute atomic E-state index is 0.181. The maximum Gasteiger partial charge on any atom is 0.150 e. The van der Waals surface area contributed by atoms with Crippen LogP contribution in [0.5, 0.6) is 5.75 Å². The van der Waals surface area contributed by atoms with Gasteiger partial charge in [-0.2, -0.15) is 0 Å². The van der Waals surface area contributed by atoms with Crippen molar-refractivity contribution in [2.75, 3.05) is 0 Å². The first-order valence-electron chi connectivity index (χ1n) is 5.00. The Balaban J connectivity index is 0.000000171. The van der Waals surface area contributed by atoms with E-state index in [1.807, 2.05) is 18.2 Å². The number of carbonyl (C=O) groups excluding carboxylic acids is 2. The molecule has 0 fully saturated rings. The molecule has 0 aliphatic rings. The van der Waals surface area contributed by atoms with Crippen LogP contribution in [-0.4, -0.2) is 17.7 Å². The average Bonchev–Trinajstić information content (AvgIpc) is 2.41. The summed E-state index contributed by atoms with van der Waals surface area (Å²) >= 11 is 0. The monoisotopic (exact) mass is 228 g/mol. The van der Waals surface area contributed by atoms with Crippen molar-refractivity contribution in [1.82, 2.24) is 0 Å². The predicted molar refractivity (Wildman–Crippen MR) is 65.3 cm³/mol. The number of aldehydes is 2. The Kier molecular flexibility index (Phi) is 5.17. The van der Waals surface area contributed by atoms with Crippen molar-refractivity contribution in [3.63, 3.8) is 0 Å². The topological polar surface area (TPSA) is 54.4 Å². The van der Waals surface area contributed by atoms with Gasteiger partial charge in [0.2, 0.25) is 0 Å². The minimum Gasteiger partial charge on any atom is -0.508 e. The number of aromatic hydroxyl groups is 1. The Morgan fingerprint density at radius 3 is 1.59 bits per heavy atom. The van der Waals surface area contributed by atoms with Gasteiger partial charge in [0, 0.05) is 11.1 Å². The van der Waals surface area contributed by atoms with E-state index in [0.29, 0.717) is 5.56 Å². The molecule has 3 heteroatoms. The molecule has 0 aliphatic carbocycles. The first-order chi connectivity index (χ1) is 8.26. The van der Waals surface area contributed by atoms with Gasteiger partial charge < -0.3 is 5.11 Å². The Morgan fingerprint density at radius 2 is 1.18 bits per heavy atom. The van der Waals surface area contributed by atoms with Gasteiger partial charge in [-0.15, -0.1) is 0 Å². The summed E-state index contributed by atoms with van der Waals surface area (Å²) in [6.45, 7) is 0. The van der Waals surface area contributed by atoms with Crippen molar-refractivity contribution in [2.45, 2.75) is 0 Å². The maximum atomic E-state index is 10.0. The van der Waals surface area contributed by atoms with Crippen molar-refractivity contribution in [3.05, 3.63) is 65.7 Å². The van der Waals surface area contributed by atoms with Crippen LogP contribution in [0.3, 0.4) is 0 Å². The van der Waals surface area contributed by atoms with E-state index in [1.54, 1.807) is 24.3 Å². The largest absolute Gasteiger partial charge is 0.508 e. The standard InChI is InChI=1S/C7H6O2.C7H6O/c8-5-6-1-3-7(9)4-2-6;8-6-7-4-2-1-3-5-7/h1-5,9H;1-6H. The van der Waals surface area contributed by atoms with E-state index in [0.717, 1.165) is 18.1 Å². The molecule has 2 rings (SSSR count). The lowest BCUT2D eigenvalue weighted by Crippen LogP contribution is -1.74. The quantitative estimate of drug-likeness (QED) is 0.804. The highest BCUT2D eigenvalue weighted by Gasteiger charge is 1.87. The second-order valence-electron chi connectivity index (χ2n) is 3.24. The van der Waals surface area contributed by atoms with E-state index in [2.05, 4.69) is 0 Å². The lowest BCUT2D eigenvalue weighted by atomic mass is 10.2. The van der Waals surface area contributed by atoms with Gasteiger partial charge in [-0.1, -0.05) is 30.3 Å². The summed E-state index contributed by atoms with van der Waals surface area (Å²) in [5.41, 5.74) is 1.31. The van der Waals surface area contributed by atoms with E-state index >= 15 is 0 Å². The Bertz CT molecular complexity index is 461. The molecule has 86 valence electrons. The number of carbonyl (C=O) groups is 2. The molecule has 0 atom stereocenters. The molecular formula is C14H12O3. The normalized spacial score (nSPS) is 8.71. The van der Waals surface area contributed by atoms with Crippen molar-refractivity contribution < 1.29 is 14.7 Å². The molecular weight excluding hydrogens is 216 g/mol. The third kappa shape index (κ3) is 4.75. The predicted octanol–water partition coefficient (Wildman–Crippen LogP) is 2.70. The highest BCUT2D eigenvalue weighted by molar-refractivity contribution is 5.75. The van der Waals surface area contributed by atoms with Crippen LogP contribution in [-0.2, 0) is 0 Å². The molecule has 0 saturated heterocycles. The highest BCUT2D eigenvalue weighted by atomic mass is 16.3. The number of phenols is 1. The second-order valence-corrected chi connectivity index (χ2v) is 3.24. The Labute approximate surface area is 99.3 Å². The molecule has 17 heavy (non-hydrogen) atoms. The molecule has 0 aliphatic heterocycles. The van der Waals surface area contributed by atoms with Crippen molar-refractivity contribution >= 4 is 12.6 Å². The van der Waals surface area contributed by atoms with Crippen LogP contribution in [0.1, 0.15) is 20.7 Å². The summed E-state index contributed by atoms with van der Waals surface area (Å²) in [6, 6.07) is 15.2. The SMILES string of the molecule is O=Cc1ccc(O)cc1.O=Cc1ccccc1. The molecule has 2 aromatic carbocycles. The zero-order valence-corrected chi connectivity index (χ0v) is 9.11. The van der Waals surface area contributed by atoms with E-state index in [4.69, 9.17) is 5.11 Å². The van der Waals surface area contributed by atoms with Crippen molar-refractivity contribution in [1.29, 1.82) is 0 Å². The van der Waals surface area contributed by atoms with Crippen LogP contribution in [0.25, 0.3) is 0 Å². The van der Waals surface area contributed by atoms with Crippen LogP contribution in [0.4, 0.5) is 0 Å². The van der Waals surface area contributed by atoms with Gasteiger partial charge in [0.05, 0.1) is 0 Å². The van der Waals surface area contributed by atoms with Crippen molar-refractivity contribution in [2.24, 2.45) is 0 Å². The summed E-state index contributed by atoms with van der Waals surface area (Å²) in [5, 5.41) is 8.74. The summed E-state index contributed by atoms with van der Waals surface area (Å²) in [7, 11) is 0. The molecule has 2 aromatic rings. The number of rotatable bonds is 2. The van der Waals surface area contributed by atoms with Crippen LogP contribution < -0.4 is 0 Å². The van der Waals surface area contributed by atoms with Gasteiger partial charge >= 0.3 is 0 Å². The maximum absolute atomic E-state index is 10.0. The van der Waals surface area contributed by atoms with E-state index in [-0.39, 0.29) is 5.75 Å². The fourth-order valence-corrected chi connectivity index (χ4v) is 1.08. The average molecular weight is 228 g/mol. The number of phenolic OH excluding ortho intramolecular Hbond substituents is 1. The van der Waals surface area contributed by atoms with E-state index in [1.165, 1.54) is 12.1 Å². The fourth-order valence-electron chi connectivity index (χ4n) is 1.08. The van der Waals surface area contributed by atoms with E-state index in [9.17, 15) is 9.59 Å². The zero-order chi connectivity index (χ0) is 12.5. The molecule has 3 nitrogen and oxygen atoms in total. The number of hydrogen-bond acceptors (Lipinski definition) is 3. The first-order valence-corrected chi connectivity index (χ1v) is 5.00. The van der Waals surface area contributed by atoms with Gasteiger partial charge in [0.1, 0.15) is 18.3 Å². The van der Waals surface area contributed by atoms with Crippen LogP contribution in [0.2, 0.25) is 0 Å². The molecule has 0 aromatic heterocycles. The smallest absolute Gasteiger partial charge is 0.150 e. The fraction of sp³-hybridized carbons (Fsp3) is 0. The summed E-state index contributed by atoms with van der Waals surface area (Å²) < 4.78 is 0. The summed E-state index contributed by atoms with van der Waals surface area (Å²) in [4.78, 5) is 20.0. The van der Waals surface area contributed by atoms with Crippen LogP contribution in [0.15, 0.2) is 54.6 Å². The Morgan fingerprint density at radius 1 is 0.706 bits per heavy atom. The molecule has 0 bridgehead atoms. The van der Waals surface area contributed by atoms with Crippen LogP contribution in [0, 0.1) is 0 Å². The zero-order valence-electron chi connectivity index (χ0n) is 9.11. The molecule has 0 heterocycles. The third-order valence-electron chi connectivity index (χ3n) is 1.96. The molecule has 0 amide bonds. The third-order valence-corrected chi connectivity index (χ3v) is 1.96. The Hall–Kier alpha value is -2.42. The van der Waals surface area contributed by atoms with Gasteiger partial charge in [-0.3, -0.25) is 9.59 Å². The molecule has 0 unspecified atom stereocenters. The molecule has 1 N–H and O–H groups in total. The molecule has 0 spiro atoms. The number of hydrogen-bond donors (Lipinski definition) is 1.